The molecule has 1 amide bonds. The van der Waals surface area contributed by atoms with Crippen LogP contribution >= 0.6 is 0 Å². The van der Waals surface area contributed by atoms with E-state index in [-0.39, 0.29) is 17.9 Å². The molecule has 2 aromatic carbocycles. The van der Waals surface area contributed by atoms with Gasteiger partial charge in [0.15, 0.2) is 5.82 Å². The van der Waals surface area contributed by atoms with Crippen LogP contribution in [-0.2, 0) is 25.9 Å². The minimum absolute atomic E-state index is 0.00728. The second-order valence-corrected chi connectivity index (χ2v) is 8.77. The first kappa shape index (κ1) is 21.7. The van der Waals surface area contributed by atoms with Gasteiger partial charge in [0.25, 0.3) is 11.5 Å². The van der Waals surface area contributed by atoms with Crippen molar-refractivity contribution in [2.75, 3.05) is 11.4 Å². The quantitative estimate of drug-likeness (QED) is 0.567. The first-order valence-electron chi connectivity index (χ1n) is 10.8. The molecule has 0 unspecified atom stereocenters. The van der Waals surface area contributed by atoms with Crippen LogP contribution in [0.15, 0.2) is 38.6 Å². The molecule has 0 radical (unpaired) electrons. The third-order valence-corrected chi connectivity index (χ3v) is 5.80. The Balaban J connectivity index is 1.46. The van der Waals surface area contributed by atoms with Crippen molar-refractivity contribution in [3.63, 3.8) is 0 Å². The number of rotatable bonds is 6. The Morgan fingerprint density at radius 1 is 1.16 bits per heavy atom. The normalized spacial score (nSPS) is 13.4. The maximum atomic E-state index is 12.6. The van der Waals surface area contributed by atoms with Crippen LogP contribution in [0.5, 0.6) is 0 Å². The molecule has 32 heavy (non-hydrogen) atoms. The highest BCUT2D eigenvalue weighted by molar-refractivity contribution is 5.90. The van der Waals surface area contributed by atoms with E-state index in [1.165, 1.54) is 11.6 Å². The summed E-state index contributed by atoms with van der Waals surface area (Å²) in [5.41, 5.74) is 3.67. The summed E-state index contributed by atoms with van der Waals surface area (Å²) in [7, 11) is 0. The highest BCUT2D eigenvalue weighted by atomic mass is 16.2. The summed E-state index contributed by atoms with van der Waals surface area (Å²) in [6.07, 6.45) is 1.41. The standard InChI is InChI=1S/C24H26N4O4/c1-13(2)8-18-10-19(29)27-23(26-18)24(32)25-11-15-4-5-16-6-7-28(12-17(16)9-15)20-14(3)21(30)22(20)31/h4-5,9-10,13H,6-8,11-12H2,1-3H3,(H,25,32)(H,26,27,29). The van der Waals surface area contributed by atoms with Crippen LogP contribution in [0.25, 0.3) is 0 Å². The smallest absolute Gasteiger partial charge is 0.287 e. The molecule has 1 aliphatic rings. The molecule has 166 valence electrons. The van der Waals surface area contributed by atoms with Gasteiger partial charge >= 0.3 is 0 Å². The van der Waals surface area contributed by atoms with Crippen LogP contribution in [0.1, 0.15) is 52.4 Å². The summed E-state index contributed by atoms with van der Waals surface area (Å²) in [5, 5.41) is 2.81. The van der Waals surface area contributed by atoms with Crippen molar-refractivity contribution in [2.45, 2.75) is 46.7 Å². The number of nitrogens with zero attached hydrogens (tertiary/aromatic N) is 2. The summed E-state index contributed by atoms with van der Waals surface area (Å²) >= 11 is 0. The SMILES string of the molecule is Cc1c(N2CCc3ccc(CNC(=O)c4nc(CC(C)C)cc(=O)[nH]4)cc3C2)c(=O)c1=O. The predicted octanol–water partition coefficient (Wildman–Crippen LogP) is 1.37. The lowest BCUT2D eigenvalue weighted by Crippen LogP contribution is -2.44. The van der Waals surface area contributed by atoms with Gasteiger partial charge in [0.05, 0.1) is 5.69 Å². The highest BCUT2D eigenvalue weighted by Gasteiger charge is 2.26. The lowest BCUT2D eigenvalue weighted by Gasteiger charge is -2.32. The summed E-state index contributed by atoms with van der Waals surface area (Å²) in [5.74, 6) is -0.109. The Bertz CT molecular complexity index is 1310. The van der Waals surface area contributed by atoms with E-state index in [1.807, 2.05) is 36.9 Å². The van der Waals surface area contributed by atoms with Gasteiger partial charge in [-0.3, -0.25) is 19.2 Å². The number of aromatic nitrogens is 2. The summed E-state index contributed by atoms with van der Waals surface area (Å²) in [6, 6.07) is 7.42. The molecule has 0 saturated carbocycles. The van der Waals surface area contributed by atoms with Crippen molar-refractivity contribution in [3.05, 3.63) is 88.8 Å². The van der Waals surface area contributed by atoms with Crippen LogP contribution in [-0.4, -0.2) is 22.4 Å². The number of benzene rings is 1. The third kappa shape index (κ3) is 4.26. The van der Waals surface area contributed by atoms with Crippen molar-refractivity contribution >= 4 is 11.6 Å². The summed E-state index contributed by atoms with van der Waals surface area (Å²) < 4.78 is 0. The first-order valence-corrected chi connectivity index (χ1v) is 10.8. The zero-order valence-electron chi connectivity index (χ0n) is 18.4. The molecule has 8 heteroatoms. The van der Waals surface area contributed by atoms with E-state index in [2.05, 4.69) is 15.3 Å². The zero-order chi connectivity index (χ0) is 23.0. The van der Waals surface area contributed by atoms with Crippen LogP contribution in [0.2, 0.25) is 0 Å². The molecule has 4 rings (SSSR count). The number of fused-ring (bicyclic) bond motifs is 1. The molecule has 0 atom stereocenters. The largest absolute Gasteiger partial charge is 0.363 e. The van der Waals surface area contributed by atoms with Gasteiger partial charge in [-0.1, -0.05) is 32.0 Å². The number of anilines is 1. The third-order valence-electron chi connectivity index (χ3n) is 5.80. The van der Waals surface area contributed by atoms with E-state index in [1.54, 1.807) is 6.92 Å². The molecule has 0 spiro atoms. The number of H-pyrrole nitrogens is 1. The van der Waals surface area contributed by atoms with Crippen molar-refractivity contribution in [2.24, 2.45) is 5.92 Å². The van der Waals surface area contributed by atoms with E-state index in [0.717, 1.165) is 17.5 Å². The monoisotopic (exact) mass is 434 g/mol. The molecular weight excluding hydrogens is 408 g/mol. The molecule has 1 aromatic heterocycles. The lowest BCUT2D eigenvalue weighted by atomic mass is 9.95. The Labute approximate surface area is 185 Å². The number of nitrogens with one attached hydrogen (secondary N) is 2. The van der Waals surface area contributed by atoms with E-state index >= 15 is 0 Å². The van der Waals surface area contributed by atoms with Gasteiger partial charge in [-0.05, 0) is 42.4 Å². The van der Waals surface area contributed by atoms with Gasteiger partial charge in [0.1, 0.15) is 0 Å². The summed E-state index contributed by atoms with van der Waals surface area (Å²) in [4.78, 5) is 56.7. The van der Waals surface area contributed by atoms with E-state index in [9.17, 15) is 19.2 Å². The average molecular weight is 434 g/mol. The number of aromatic amines is 1. The number of amides is 1. The van der Waals surface area contributed by atoms with Gasteiger partial charge < -0.3 is 15.2 Å². The summed E-state index contributed by atoms with van der Waals surface area (Å²) in [6.45, 7) is 7.26. The van der Waals surface area contributed by atoms with Gasteiger partial charge in [0, 0.05) is 37.0 Å². The molecule has 1 aliphatic heterocycles. The topological polar surface area (TPSA) is 112 Å². The molecule has 0 aliphatic carbocycles. The minimum Gasteiger partial charge on any atom is -0.363 e. The fourth-order valence-corrected chi connectivity index (χ4v) is 4.19. The molecule has 2 heterocycles. The fraction of sp³-hybridized carbons (Fsp3) is 0.375. The van der Waals surface area contributed by atoms with Crippen LogP contribution in [0.3, 0.4) is 0 Å². The Hall–Kier alpha value is -3.55. The minimum atomic E-state index is -0.439. The average Bonchev–Trinajstić information content (AvgIpc) is 2.76. The van der Waals surface area contributed by atoms with Crippen molar-refractivity contribution in [1.29, 1.82) is 0 Å². The molecule has 8 nitrogen and oxygen atoms in total. The maximum Gasteiger partial charge on any atom is 0.287 e. The Kier molecular flexibility index (Phi) is 5.78. The second kappa shape index (κ2) is 8.53. The number of hydrogen-bond donors (Lipinski definition) is 2. The van der Waals surface area contributed by atoms with E-state index < -0.39 is 16.8 Å². The number of carbonyl (C=O) groups is 1. The number of carbonyl (C=O) groups excluding carboxylic acids is 1. The highest BCUT2D eigenvalue weighted by Crippen LogP contribution is 2.25. The van der Waals surface area contributed by atoms with Gasteiger partial charge in [-0.2, -0.15) is 0 Å². The molecule has 3 aromatic rings. The van der Waals surface area contributed by atoms with Gasteiger partial charge in [-0.15, -0.1) is 0 Å². The zero-order valence-corrected chi connectivity index (χ0v) is 18.4. The van der Waals surface area contributed by atoms with Crippen LogP contribution in [0, 0.1) is 12.8 Å². The van der Waals surface area contributed by atoms with Gasteiger partial charge in [-0.25, -0.2) is 4.98 Å². The molecule has 0 fully saturated rings. The van der Waals surface area contributed by atoms with E-state index in [0.29, 0.717) is 42.4 Å². The van der Waals surface area contributed by atoms with Crippen molar-refractivity contribution in [1.82, 2.24) is 15.3 Å². The Morgan fingerprint density at radius 3 is 2.66 bits per heavy atom. The van der Waals surface area contributed by atoms with Gasteiger partial charge in [0.2, 0.25) is 10.9 Å². The van der Waals surface area contributed by atoms with Crippen LogP contribution < -0.4 is 26.6 Å². The molecule has 2 N–H and O–H groups in total. The predicted molar refractivity (Wildman–Crippen MR) is 122 cm³/mol. The van der Waals surface area contributed by atoms with E-state index in [4.69, 9.17) is 0 Å². The number of hydrogen-bond acceptors (Lipinski definition) is 6. The van der Waals surface area contributed by atoms with Crippen molar-refractivity contribution in [3.8, 4) is 0 Å². The Morgan fingerprint density at radius 2 is 1.94 bits per heavy atom. The lowest BCUT2D eigenvalue weighted by molar-refractivity contribution is 0.0939. The molecular formula is C24H26N4O4. The molecule has 0 bridgehead atoms. The fourth-order valence-electron chi connectivity index (χ4n) is 4.19. The maximum absolute atomic E-state index is 12.6. The molecule has 0 saturated heterocycles. The van der Waals surface area contributed by atoms with Crippen LogP contribution in [0.4, 0.5) is 5.69 Å². The van der Waals surface area contributed by atoms with Crippen molar-refractivity contribution < 1.29 is 4.79 Å². The second-order valence-electron chi connectivity index (χ2n) is 8.77. The first-order chi connectivity index (χ1) is 15.2.